The van der Waals surface area contributed by atoms with Gasteiger partial charge in [0.25, 0.3) is 5.91 Å². The summed E-state index contributed by atoms with van der Waals surface area (Å²) in [7, 11) is 1.81. The van der Waals surface area contributed by atoms with Crippen LogP contribution in [0.1, 0.15) is 18.3 Å². The average Bonchev–Trinajstić information content (AvgIpc) is 2.71. The summed E-state index contributed by atoms with van der Waals surface area (Å²) in [6.45, 7) is 5.32. The molecule has 0 aliphatic rings. The number of amides is 1. The molecule has 0 fully saturated rings. The molecule has 1 heterocycles. The van der Waals surface area contributed by atoms with Gasteiger partial charge in [0, 0.05) is 13.1 Å². The van der Waals surface area contributed by atoms with Crippen LogP contribution in [0.3, 0.4) is 0 Å². The van der Waals surface area contributed by atoms with Crippen molar-refractivity contribution in [3.05, 3.63) is 38.6 Å². The van der Waals surface area contributed by atoms with E-state index in [-0.39, 0.29) is 10.9 Å². The Hall–Kier alpha value is -1.43. The fourth-order valence-corrected chi connectivity index (χ4v) is 2.60. The molecule has 1 N–H and O–H groups in total. The van der Waals surface area contributed by atoms with Gasteiger partial charge in [-0.05, 0) is 26.8 Å². The second-order valence-electron chi connectivity index (χ2n) is 5.12. The maximum absolute atomic E-state index is 12.3. The van der Waals surface area contributed by atoms with Gasteiger partial charge in [-0.2, -0.15) is 5.10 Å². The number of rotatable bonds is 4. The third-order valence-electron chi connectivity index (χ3n) is 3.40. The number of halogens is 3. The molecule has 0 radical (unpaired) electrons. The van der Waals surface area contributed by atoms with E-state index < -0.39 is 6.10 Å². The monoisotopic (exact) mass is 375 g/mol. The highest BCUT2D eigenvalue weighted by Crippen LogP contribution is 2.34. The molecule has 1 atom stereocenters. The maximum Gasteiger partial charge on any atom is 0.265 e. The Kier molecular flexibility index (Phi) is 5.45. The second-order valence-corrected chi connectivity index (χ2v) is 6.34. The molecule has 2 aromatic rings. The summed E-state index contributed by atoms with van der Waals surface area (Å²) in [5, 5.41) is 7.98. The number of anilines is 1. The van der Waals surface area contributed by atoms with E-state index in [2.05, 4.69) is 10.4 Å². The predicted molar refractivity (Wildman–Crippen MR) is 92.9 cm³/mol. The lowest BCUT2D eigenvalue weighted by Gasteiger charge is -2.16. The third kappa shape index (κ3) is 3.91. The van der Waals surface area contributed by atoms with Crippen molar-refractivity contribution in [1.82, 2.24) is 9.78 Å². The normalized spacial score (nSPS) is 12.1. The number of hydrogen-bond donors (Lipinski definition) is 1. The summed E-state index contributed by atoms with van der Waals surface area (Å²) < 4.78 is 7.29. The van der Waals surface area contributed by atoms with E-state index in [0.29, 0.717) is 21.5 Å². The molecular weight excluding hydrogens is 361 g/mol. The first-order valence-corrected chi connectivity index (χ1v) is 7.96. The van der Waals surface area contributed by atoms with Crippen LogP contribution in [0.5, 0.6) is 5.75 Å². The van der Waals surface area contributed by atoms with Crippen LogP contribution in [0, 0.1) is 13.8 Å². The molecule has 8 heteroatoms. The number of nitrogens with one attached hydrogen (secondary N) is 1. The van der Waals surface area contributed by atoms with E-state index >= 15 is 0 Å². The van der Waals surface area contributed by atoms with Crippen molar-refractivity contribution in [3.63, 3.8) is 0 Å². The molecular formula is C15H16Cl3N3O2. The van der Waals surface area contributed by atoms with Crippen molar-refractivity contribution in [2.75, 3.05) is 5.32 Å². The number of benzene rings is 1. The van der Waals surface area contributed by atoms with Gasteiger partial charge in [-0.3, -0.25) is 9.48 Å². The van der Waals surface area contributed by atoms with Crippen molar-refractivity contribution in [1.29, 1.82) is 0 Å². The van der Waals surface area contributed by atoms with Crippen molar-refractivity contribution < 1.29 is 9.53 Å². The smallest absolute Gasteiger partial charge is 0.265 e. The molecule has 0 spiro atoms. The first-order valence-electron chi connectivity index (χ1n) is 6.83. The summed E-state index contributed by atoms with van der Waals surface area (Å²) in [6, 6.07) is 2.96. The average molecular weight is 377 g/mol. The highest BCUT2D eigenvalue weighted by atomic mass is 35.5. The van der Waals surface area contributed by atoms with Crippen LogP contribution in [0.25, 0.3) is 0 Å². The first kappa shape index (κ1) is 17.9. The largest absolute Gasteiger partial charge is 0.479 e. The quantitative estimate of drug-likeness (QED) is 0.804. The molecule has 0 aliphatic heterocycles. The Bertz CT molecular complexity index is 759. The summed E-state index contributed by atoms with van der Waals surface area (Å²) in [6.07, 6.45) is -0.774. The topological polar surface area (TPSA) is 56.2 Å². The van der Waals surface area contributed by atoms with E-state index in [4.69, 9.17) is 39.5 Å². The van der Waals surface area contributed by atoms with Crippen molar-refractivity contribution in [2.45, 2.75) is 26.9 Å². The fourth-order valence-electron chi connectivity index (χ4n) is 2.02. The molecule has 0 bridgehead atoms. The molecule has 1 amide bonds. The zero-order valence-corrected chi connectivity index (χ0v) is 15.3. The van der Waals surface area contributed by atoms with Gasteiger partial charge >= 0.3 is 0 Å². The zero-order valence-electron chi connectivity index (χ0n) is 13.1. The molecule has 0 unspecified atom stereocenters. The van der Waals surface area contributed by atoms with E-state index in [1.807, 2.05) is 20.9 Å². The molecule has 5 nitrogen and oxygen atoms in total. The number of aryl methyl sites for hydroxylation is 2. The minimum atomic E-state index is -0.774. The molecule has 1 aromatic heterocycles. The molecule has 2 rings (SSSR count). The van der Waals surface area contributed by atoms with Crippen molar-refractivity contribution >= 4 is 46.4 Å². The predicted octanol–water partition coefficient (Wildman–Crippen LogP) is 4.40. The SMILES string of the molecule is Cc1nn(C)c(C)c1NC(=O)[C@@H](C)Oc1cc(Cl)c(Cl)cc1Cl. The maximum atomic E-state index is 12.3. The Morgan fingerprint density at radius 1 is 1.22 bits per heavy atom. The second kappa shape index (κ2) is 6.99. The number of hydrogen-bond acceptors (Lipinski definition) is 3. The number of carbonyl (C=O) groups is 1. The first-order chi connectivity index (χ1) is 10.7. The molecule has 0 saturated carbocycles. The van der Waals surface area contributed by atoms with Gasteiger partial charge in [-0.25, -0.2) is 0 Å². The fraction of sp³-hybridized carbons (Fsp3) is 0.333. The Labute approximate surface area is 149 Å². The van der Waals surface area contributed by atoms with Crippen LogP contribution in [0.2, 0.25) is 15.1 Å². The third-order valence-corrected chi connectivity index (χ3v) is 4.42. The van der Waals surface area contributed by atoms with Gasteiger partial charge < -0.3 is 10.1 Å². The zero-order chi connectivity index (χ0) is 17.3. The van der Waals surface area contributed by atoms with Crippen LogP contribution in [0.15, 0.2) is 12.1 Å². The Morgan fingerprint density at radius 2 is 1.83 bits per heavy atom. The van der Waals surface area contributed by atoms with Gasteiger partial charge in [0.05, 0.1) is 32.1 Å². The minimum Gasteiger partial charge on any atom is -0.479 e. The van der Waals surface area contributed by atoms with Crippen LogP contribution in [-0.2, 0) is 11.8 Å². The highest BCUT2D eigenvalue weighted by molar-refractivity contribution is 6.43. The van der Waals surface area contributed by atoms with Gasteiger partial charge in [0.1, 0.15) is 5.75 Å². The molecule has 0 saturated heterocycles. The van der Waals surface area contributed by atoms with Gasteiger partial charge in [0.2, 0.25) is 0 Å². The molecule has 0 aliphatic carbocycles. The van der Waals surface area contributed by atoms with Crippen LogP contribution in [-0.4, -0.2) is 21.8 Å². The minimum absolute atomic E-state index is 0.285. The van der Waals surface area contributed by atoms with E-state index in [1.165, 1.54) is 12.1 Å². The summed E-state index contributed by atoms with van der Waals surface area (Å²) in [5.74, 6) is -0.0188. The Morgan fingerprint density at radius 3 is 2.39 bits per heavy atom. The van der Waals surface area contributed by atoms with E-state index in [1.54, 1.807) is 11.6 Å². The highest BCUT2D eigenvalue weighted by Gasteiger charge is 2.20. The number of ether oxygens (including phenoxy) is 1. The molecule has 124 valence electrons. The van der Waals surface area contributed by atoms with Gasteiger partial charge in [0.15, 0.2) is 6.10 Å². The number of carbonyl (C=O) groups excluding carboxylic acids is 1. The van der Waals surface area contributed by atoms with Crippen molar-refractivity contribution in [3.8, 4) is 5.75 Å². The van der Waals surface area contributed by atoms with Crippen LogP contribution in [0.4, 0.5) is 5.69 Å². The molecule has 23 heavy (non-hydrogen) atoms. The summed E-state index contributed by atoms with van der Waals surface area (Å²) in [5.41, 5.74) is 2.27. The van der Waals surface area contributed by atoms with Gasteiger partial charge in [-0.15, -0.1) is 0 Å². The van der Waals surface area contributed by atoms with E-state index in [0.717, 1.165) is 11.4 Å². The Balaban J connectivity index is 2.13. The lowest BCUT2D eigenvalue weighted by molar-refractivity contribution is -0.122. The molecule has 1 aromatic carbocycles. The van der Waals surface area contributed by atoms with E-state index in [9.17, 15) is 4.79 Å². The lowest BCUT2D eigenvalue weighted by atomic mass is 10.2. The summed E-state index contributed by atoms with van der Waals surface area (Å²) >= 11 is 17.9. The standard InChI is InChI=1S/C15H16Cl3N3O2/c1-7-14(8(2)21(4)20-7)19-15(22)9(3)23-13-6-11(17)10(16)5-12(13)18/h5-6,9H,1-4H3,(H,19,22)/t9-/m1/s1. The van der Waals surface area contributed by atoms with Gasteiger partial charge in [-0.1, -0.05) is 34.8 Å². The van der Waals surface area contributed by atoms with Crippen LogP contribution < -0.4 is 10.1 Å². The number of aromatic nitrogens is 2. The van der Waals surface area contributed by atoms with Crippen molar-refractivity contribution in [2.24, 2.45) is 7.05 Å². The van der Waals surface area contributed by atoms with Crippen LogP contribution >= 0.6 is 34.8 Å². The lowest BCUT2D eigenvalue weighted by Crippen LogP contribution is -2.30. The summed E-state index contributed by atoms with van der Waals surface area (Å²) in [4.78, 5) is 12.3. The number of nitrogens with zero attached hydrogens (tertiary/aromatic N) is 2.